The lowest BCUT2D eigenvalue weighted by Gasteiger charge is -2.13. The van der Waals surface area contributed by atoms with Crippen molar-refractivity contribution < 1.29 is 0 Å². The molecule has 2 heteroatoms. The van der Waals surface area contributed by atoms with Crippen LogP contribution < -0.4 is 0 Å². The van der Waals surface area contributed by atoms with E-state index in [2.05, 4.69) is 73.1 Å². The molecule has 0 bridgehead atoms. The highest BCUT2D eigenvalue weighted by atomic mass is 14.7. The maximum absolute atomic E-state index is 4.92. The van der Waals surface area contributed by atoms with Gasteiger partial charge in [0.25, 0.3) is 0 Å². The quantitative estimate of drug-likeness (QED) is 0.283. The van der Waals surface area contributed by atoms with Crippen molar-refractivity contribution in [2.45, 2.75) is 19.3 Å². The number of rotatable bonds is 2. The number of pyridine rings is 2. The van der Waals surface area contributed by atoms with Crippen LogP contribution in [0.2, 0.25) is 0 Å². The Morgan fingerprint density at radius 1 is 0.485 bits per heavy atom. The van der Waals surface area contributed by atoms with E-state index in [1.807, 2.05) is 0 Å². The zero-order valence-corrected chi connectivity index (χ0v) is 17.9. The molecule has 0 N–H and O–H groups in total. The summed E-state index contributed by atoms with van der Waals surface area (Å²) < 4.78 is 0. The van der Waals surface area contributed by atoms with E-state index in [1.54, 1.807) is 0 Å². The molecule has 6 aromatic rings. The summed E-state index contributed by atoms with van der Waals surface area (Å²) in [6.45, 7) is 0. The van der Waals surface area contributed by atoms with E-state index >= 15 is 0 Å². The zero-order chi connectivity index (χ0) is 21.3. The maximum Gasteiger partial charge on any atom is 0.0533 e. The van der Waals surface area contributed by atoms with Crippen LogP contribution in [-0.2, 0) is 19.3 Å². The van der Waals surface area contributed by atoms with E-state index in [4.69, 9.17) is 9.97 Å². The van der Waals surface area contributed by atoms with Gasteiger partial charge in [0.05, 0.1) is 11.4 Å². The molecule has 33 heavy (non-hydrogen) atoms. The van der Waals surface area contributed by atoms with Gasteiger partial charge < -0.3 is 0 Å². The second-order valence-corrected chi connectivity index (χ2v) is 9.75. The van der Waals surface area contributed by atoms with E-state index < -0.39 is 0 Å². The molecule has 0 saturated carbocycles. The Hall–Kier alpha value is -4.04. The van der Waals surface area contributed by atoms with E-state index in [0.29, 0.717) is 0 Å². The first-order valence-corrected chi connectivity index (χ1v) is 11.7. The number of benzene rings is 4. The number of hydrogen-bond acceptors (Lipinski definition) is 2. The van der Waals surface area contributed by atoms with Gasteiger partial charge in [0, 0.05) is 42.4 Å². The van der Waals surface area contributed by atoms with Crippen molar-refractivity contribution in [1.82, 2.24) is 9.97 Å². The third kappa shape index (κ3) is 1.89. The van der Waals surface area contributed by atoms with Gasteiger partial charge in [-0.2, -0.15) is 0 Å². The summed E-state index contributed by atoms with van der Waals surface area (Å²) >= 11 is 0. The van der Waals surface area contributed by atoms with E-state index in [0.717, 1.165) is 19.3 Å². The summed E-state index contributed by atoms with van der Waals surface area (Å²) in [5.41, 5.74) is 13.4. The van der Waals surface area contributed by atoms with Gasteiger partial charge in [0.15, 0.2) is 0 Å². The maximum atomic E-state index is 4.92. The molecule has 0 unspecified atom stereocenters. The SMILES string of the molecule is c1ccc(-c2ccc(-c3cc4c5c6c(ncc7c6c6c(ncc8c6c5c3C8)C7)C4)cc2)cc1. The highest BCUT2D eigenvalue weighted by Gasteiger charge is 2.33. The molecule has 0 atom stereocenters. The topological polar surface area (TPSA) is 25.8 Å². The number of nitrogens with zero attached hydrogens (tertiary/aromatic N) is 2. The third-order valence-electron chi connectivity index (χ3n) is 8.12. The van der Waals surface area contributed by atoms with Crippen molar-refractivity contribution in [2.24, 2.45) is 0 Å². The minimum Gasteiger partial charge on any atom is -0.260 e. The molecule has 0 radical (unpaired) electrons. The Kier molecular flexibility index (Phi) is 2.75. The van der Waals surface area contributed by atoms with Crippen molar-refractivity contribution >= 4 is 32.3 Å². The first kappa shape index (κ1) is 16.6. The lowest BCUT2D eigenvalue weighted by molar-refractivity contribution is 1.08. The van der Waals surface area contributed by atoms with Gasteiger partial charge in [0.2, 0.25) is 0 Å². The van der Waals surface area contributed by atoms with Crippen molar-refractivity contribution in [2.75, 3.05) is 0 Å². The minimum atomic E-state index is 0.921. The molecule has 4 aromatic carbocycles. The van der Waals surface area contributed by atoms with Gasteiger partial charge in [-0.1, -0.05) is 54.6 Å². The standard InChI is InChI=1S/C31H18N2/c1-2-4-16(5-3-1)17-6-8-18(9-7-17)22-10-19-12-24-30-26(19)29-23(22)11-20-14-32-25-13-21(15-33-24)28(30)31(25)27(20)29/h1-10,14-15H,11-13H2. The third-order valence-corrected chi connectivity index (χ3v) is 8.12. The van der Waals surface area contributed by atoms with E-state index in [9.17, 15) is 0 Å². The fourth-order valence-corrected chi connectivity index (χ4v) is 6.77. The zero-order valence-electron chi connectivity index (χ0n) is 17.9. The van der Waals surface area contributed by atoms with Gasteiger partial charge in [-0.05, 0) is 72.1 Å². The molecular weight excluding hydrogens is 400 g/mol. The molecule has 3 aliphatic carbocycles. The predicted octanol–water partition coefficient (Wildman–Crippen LogP) is 6.98. The fraction of sp³-hybridized carbons (Fsp3) is 0.0968. The van der Waals surface area contributed by atoms with Crippen molar-refractivity contribution in [3.63, 3.8) is 0 Å². The van der Waals surface area contributed by atoms with Crippen molar-refractivity contribution in [3.8, 4) is 22.3 Å². The lowest BCUT2D eigenvalue weighted by Crippen LogP contribution is -1.92. The van der Waals surface area contributed by atoms with Crippen LogP contribution in [0.25, 0.3) is 54.6 Å². The van der Waals surface area contributed by atoms with Crippen LogP contribution >= 0.6 is 0 Å². The molecule has 2 aromatic heterocycles. The Bertz CT molecular complexity index is 1830. The second-order valence-electron chi connectivity index (χ2n) is 9.75. The number of aromatic nitrogens is 2. The largest absolute Gasteiger partial charge is 0.260 e. The number of hydrogen-bond donors (Lipinski definition) is 0. The lowest BCUT2D eigenvalue weighted by atomic mass is 9.90. The highest BCUT2D eigenvalue weighted by Crippen LogP contribution is 2.53. The van der Waals surface area contributed by atoms with Crippen LogP contribution in [0.5, 0.6) is 0 Å². The van der Waals surface area contributed by atoms with Crippen LogP contribution in [0.1, 0.15) is 33.6 Å². The predicted molar refractivity (Wildman–Crippen MR) is 134 cm³/mol. The summed E-state index contributed by atoms with van der Waals surface area (Å²) in [4.78, 5) is 9.84. The molecule has 0 spiro atoms. The molecule has 3 aliphatic rings. The van der Waals surface area contributed by atoms with E-state index in [1.165, 1.54) is 88.2 Å². The van der Waals surface area contributed by atoms with Crippen LogP contribution in [0.15, 0.2) is 73.1 Å². The monoisotopic (exact) mass is 418 g/mol. The average molecular weight is 418 g/mol. The van der Waals surface area contributed by atoms with Crippen LogP contribution in [-0.4, -0.2) is 9.97 Å². The molecule has 2 nitrogen and oxygen atoms in total. The molecule has 152 valence electrons. The Morgan fingerprint density at radius 2 is 1.06 bits per heavy atom. The molecule has 0 amide bonds. The summed E-state index contributed by atoms with van der Waals surface area (Å²) in [6, 6.07) is 22.2. The van der Waals surface area contributed by atoms with Crippen LogP contribution in [0.3, 0.4) is 0 Å². The summed E-state index contributed by atoms with van der Waals surface area (Å²) in [5, 5.41) is 8.70. The Labute approximate surface area is 190 Å². The van der Waals surface area contributed by atoms with Crippen LogP contribution in [0.4, 0.5) is 0 Å². The summed E-state index contributed by atoms with van der Waals surface area (Å²) in [7, 11) is 0. The molecule has 0 aliphatic heterocycles. The van der Waals surface area contributed by atoms with Gasteiger partial charge in [-0.3, -0.25) is 9.97 Å². The molecular formula is C31H18N2. The first-order valence-electron chi connectivity index (χ1n) is 11.7. The van der Waals surface area contributed by atoms with Gasteiger partial charge in [0.1, 0.15) is 0 Å². The highest BCUT2D eigenvalue weighted by molar-refractivity contribution is 6.33. The second kappa shape index (κ2) is 5.47. The van der Waals surface area contributed by atoms with Crippen LogP contribution in [0, 0.1) is 0 Å². The normalized spacial score (nSPS) is 14.3. The molecule has 9 rings (SSSR count). The van der Waals surface area contributed by atoms with Gasteiger partial charge in [-0.25, -0.2) is 0 Å². The summed E-state index contributed by atoms with van der Waals surface area (Å²) in [6.07, 6.45) is 7.08. The molecule has 0 fully saturated rings. The fourth-order valence-electron chi connectivity index (χ4n) is 6.77. The van der Waals surface area contributed by atoms with Gasteiger partial charge in [-0.15, -0.1) is 0 Å². The first-order chi connectivity index (χ1) is 16.3. The van der Waals surface area contributed by atoms with Gasteiger partial charge >= 0.3 is 0 Å². The Morgan fingerprint density at radius 3 is 1.82 bits per heavy atom. The molecule has 0 saturated heterocycles. The summed E-state index contributed by atoms with van der Waals surface area (Å²) in [5.74, 6) is 0. The van der Waals surface area contributed by atoms with Crippen molar-refractivity contribution in [3.05, 3.63) is 107 Å². The Balaban J connectivity index is 1.36. The smallest absolute Gasteiger partial charge is 0.0533 e. The minimum absolute atomic E-state index is 0.921. The van der Waals surface area contributed by atoms with E-state index in [-0.39, 0.29) is 0 Å². The average Bonchev–Trinajstić information content (AvgIpc) is 3.54. The van der Waals surface area contributed by atoms with Crippen molar-refractivity contribution in [1.29, 1.82) is 0 Å². The molecule has 2 heterocycles.